The van der Waals surface area contributed by atoms with Gasteiger partial charge in [0.15, 0.2) is 0 Å². The van der Waals surface area contributed by atoms with Gasteiger partial charge in [-0.25, -0.2) is 0 Å². The third-order valence-corrected chi connectivity index (χ3v) is 3.70. The number of carbonyl (C=O) groups is 2. The molecule has 0 radical (unpaired) electrons. The summed E-state index contributed by atoms with van der Waals surface area (Å²) in [6, 6.07) is 0. The number of unbranched alkanes of at least 4 members (excludes halogenated alkanes) is 6. The van der Waals surface area contributed by atoms with Gasteiger partial charge in [-0.05, 0) is 19.4 Å². The van der Waals surface area contributed by atoms with Crippen molar-refractivity contribution in [2.24, 2.45) is 11.7 Å². The van der Waals surface area contributed by atoms with Gasteiger partial charge >= 0.3 is 5.97 Å². The number of likely N-dealkylation sites (tertiary alicyclic amines) is 1. The second-order valence-corrected chi connectivity index (χ2v) is 5.34. The smallest absolute Gasteiger partial charge is 0.308 e. The van der Waals surface area contributed by atoms with Crippen LogP contribution in [0.3, 0.4) is 0 Å². The Morgan fingerprint density at radius 2 is 1.74 bits per heavy atom. The van der Waals surface area contributed by atoms with Crippen LogP contribution in [0.5, 0.6) is 0 Å². The summed E-state index contributed by atoms with van der Waals surface area (Å²) in [4.78, 5) is 24.1. The Bertz CT molecular complexity index is 294. The maximum atomic E-state index is 11.6. The number of amides is 1. The Morgan fingerprint density at radius 3 is 2.26 bits per heavy atom. The molecule has 3 N–H and O–H groups in total. The Morgan fingerprint density at radius 1 is 1.16 bits per heavy atom. The molecule has 5 nitrogen and oxygen atoms in total. The van der Waals surface area contributed by atoms with Gasteiger partial charge in [0.1, 0.15) is 0 Å². The monoisotopic (exact) mass is 270 g/mol. The Balaban J connectivity index is 2.01. The molecule has 1 unspecified atom stereocenters. The van der Waals surface area contributed by atoms with Crippen molar-refractivity contribution >= 4 is 11.9 Å². The lowest BCUT2D eigenvalue weighted by molar-refractivity contribution is -0.141. The molecule has 19 heavy (non-hydrogen) atoms. The van der Waals surface area contributed by atoms with Gasteiger partial charge in [0, 0.05) is 19.5 Å². The zero-order valence-corrected chi connectivity index (χ0v) is 11.6. The van der Waals surface area contributed by atoms with E-state index in [1.807, 2.05) is 0 Å². The van der Waals surface area contributed by atoms with Gasteiger partial charge in [-0.1, -0.05) is 32.1 Å². The van der Waals surface area contributed by atoms with Crippen LogP contribution in [0.25, 0.3) is 0 Å². The van der Waals surface area contributed by atoms with Crippen molar-refractivity contribution in [1.29, 1.82) is 0 Å². The molecule has 0 aromatic heterocycles. The standard InChI is InChI=1S/C14H26N2O3/c15-8-6-4-2-1-3-5-7-9-16-11-12(14(18)19)10-13(16)17/h12H,1-11,15H2,(H,18,19). The van der Waals surface area contributed by atoms with Crippen LogP contribution in [0, 0.1) is 5.92 Å². The molecule has 0 saturated carbocycles. The van der Waals surface area contributed by atoms with E-state index >= 15 is 0 Å². The molecule has 1 atom stereocenters. The average Bonchev–Trinajstić information content (AvgIpc) is 2.74. The van der Waals surface area contributed by atoms with E-state index in [2.05, 4.69) is 0 Å². The Hall–Kier alpha value is -1.10. The number of hydrogen-bond donors (Lipinski definition) is 2. The van der Waals surface area contributed by atoms with E-state index in [1.54, 1.807) is 4.90 Å². The molecule has 1 rings (SSSR count). The Labute approximate surface area is 115 Å². The largest absolute Gasteiger partial charge is 0.481 e. The van der Waals surface area contributed by atoms with Crippen LogP contribution < -0.4 is 5.73 Å². The highest BCUT2D eigenvalue weighted by molar-refractivity contribution is 5.86. The molecule has 1 saturated heterocycles. The maximum Gasteiger partial charge on any atom is 0.308 e. The quantitative estimate of drug-likeness (QED) is 0.591. The van der Waals surface area contributed by atoms with Crippen molar-refractivity contribution in [3.05, 3.63) is 0 Å². The van der Waals surface area contributed by atoms with E-state index in [-0.39, 0.29) is 12.3 Å². The van der Waals surface area contributed by atoms with E-state index < -0.39 is 11.9 Å². The van der Waals surface area contributed by atoms with Gasteiger partial charge in [0.2, 0.25) is 5.91 Å². The summed E-state index contributed by atoms with van der Waals surface area (Å²) in [6.45, 7) is 1.89. The average molecular weight is 270 g/mol. The van der Waals surface area contributed by atoms with Crippen LogP contribution >= 0.6 is 0 Å². The lowest BCUT2D eigenvalue weighted by Crippen LogP contribution is -2.27. The number of rotatable bonds is 10. The lowest BCUT2D eigenvalue weighted by Gasteiger charge is -2.15. The van der Waals surface area contributed by atoms with Crippen molar-refractivity contribution in [2.75, 3.05) is 19.6 Å². The summed E-state index contributed by atoms with van der Waals surface area (Å²) < 4.78 is 0. The number of carbonyl (C=O) groups excluding carboxylic acids is 1. The SMILES string of the molecule is NCCCCCCCCCN1CC(C(=O)O)CC1=O. The first-order chi connectivity index (χ1) is 9.15. The summed E-state index contributed by atoms with van der Waals surface area (Å²) in [5, 5.41) is 8.87. The topological polar surface area (TPSA) is 83.6 Å². The lowest BCUT2D eigenvalue weighted by atomic mass is 10.1. The molecule has 1 aliphatic rings. The molecule has 1 aliphatic heterocycles. The third kappa shape index (κ3) is 6.05. The molecule has 5 heteroatoms. The fourth-order valence-corrected chi connectivity index (χ4v) is 2.48. The molecular formula is C14H26N2O3. The first kappa shape index (κ1) is 16.0. The van der Waals surface area contributed by atoms with E-state index in [1.165, 1.54) is 25.7 Å². The number of nitrogens with two attached hydrogens (primary N) is 1. The summed E-state index contributed by atoms with van der Waals surface area (Å²) in [5.74, 6) is -1.35. The minimum atomic E-state index is -0.851. The Kier molecular flexibility index (Phi) is 7.48. The van der Waals surface area contributed by atoms with Gasteiger partial charge in [-0.15, -0.1) is 0 Å². The molecule has 0 aliphatic carbocycles. The molecule has 0 spiro atoms. The number of aliphatic carboxylic acids is 1. The molecular weight excluding hydrogens is 244 g/mol. The van der Waals surface area contributed by atoms with Crippen LogP contribution in [-0.4, -0.2) is 41.5 Å². The highest BCUT2D eigenvalue weighted by Crippen LogP contribution is 2.18. The molecule has 110 valence electrons. The summed E-state index contributed by atoms with van der Waals surface area (Å²) in [6.07, 6.45) is 8.25. The number of carboxylic acids is 1. The summed E-state index contributed by atoms with van der Waals surface area (Å²) in [7, 11) is 0. The summed E-state index contributed by atoms with van der Waals surface area (Å²) in [5.41, 5.74) is 5.43. The highest BCUT2D eigenvalue weighted by Gasteiger charge is 2.33. The van der Waals surface area contributed by atoms with Crippen LogP contribution in [-0.2, 0) is 9.59 Å². The molecule has 1 heterocycles. The highest BCUT2D eigenvalue weighted by atomic mass is 16.4. The zero-order chi connectivity index (χ0) is 14.1. The minimum Gasteiger partial charge on any atom is -0.481 e. The molecule has 0 aromatic rings. The zero-order valence-electron chi connectivity index (χ0n) is 11.6. The van der Waals surface area contributed by atoms with E-state index in [9.17, 15) is 9.59 Å². The predicted molar refractivity (Wildman–Crippen MR) is 73.7 cm³/mol. The summed E-state index contributed by atoms with van der Waals surface area (Å²) >= 11 is 0. The van der Waals surface area contributed by atoms with Gasteiger partial charge in [0.05, 0.1) is 5.92 Å². The van der Waals surface area contributed by atoms with Crippen LogP contribution in [0.2, 0.25) is 0 Å². The molecule has 1 fully saturated rings. The first-order valence-corrected chi connectivity index (χ1v) is 7.35. The second kappa shape index (κ2) is 8.91. The fourth-order valence-electron chi connectivity index (χ4n) is 2.48. The van der Waals surface area contributed by atoms with E-state index in [0.29, 0.717) is 13.1 Å². The van der Waals surface area contributed by atoms with Gasteiger partial charge in [-0.3, -0.25) is 9.59 Å². The van der Waals surface area contributed by atoms with Crippen LogP contribution in [0.4, 0.5) is 0 Å². The third-order valence-electron chi connectivity index (χ3n) is 3.70. The second-order valence-electron chi connectivity index (χ2n) is 5.34. The van der Waals surface area contributed by atoms with Crippen LogP contribution in [0.1, 0.15) is 51.4 Å². The van der Waals surface area contributed by atoms with Gasteiger partial charge in [0.25, 0.3) is 0 Å². The normalized spacial score (nSPS) is 19.1. The minimum absolute atomic E-state index is 0.00431. The van der Waals surface area contributed by atoms with Crippen molar-refractivity contribution < 1.29 is 14.7 Å². The van der Waals surface area contributed by atoms with Crippen LogP contribution in [0.15, 0.2) is 0 Å². The van der Waals surface area contributed by atoms with E-state index in [0.717, 1.165) is 25.8 Å². The predicted octanol–water partition coefficient (Wildman–Crippen LogP) is 1.61. The number of carboxylic acid groups (broad SMARTS) is 1. The van der Waals surface area contributed by atoms with Gasteiger partial charge < -0.3 is 15.7 Å². The molecule has 1 amide bonds. The van der Waals surface area contributed by atoms with Gasteiger partial charge in [-0.2, -0.15) is 0 Å². The van der Waals surface area contributed by atoms with Crippen molar-refractivity contribution in [1.82, 2.24) is 4.90 Å². The van der Waals surface area contributed by atoms with E-state index in [4.69, 9.17) is 10.8 Å². The maximum absolute atomic E-state index is 11.6. The van der Waals surface area contributed by atoms with Crippen molar-refractivity contribution in [3.63, 3.8) is 0 Å². The molecule has 0 aromatic carbocycles. The van der Waals surface area contributed by atoms with Crippen molar-refractivity contribution in [3.8, 4) is 0 Å². The number of nitrogens with zero attached hydrogens (tertiary/aromatic N) is 1. The molecule has 0 bridgehead atoms. The number of hydrogen-bond acceptors (Lipinski definition) is 3. The first-order valence-electron chi connectivity index (χ1n) is 7.35. The fraction of sp³-hybridized carbons (Fsp3) is 0.857. The van der Waals surface area contributed by atoms with Crippen molar-refractivity contribution in [2.45, 2.75) is 51.4 Å².